The van der Waals surface area contributed by atoms with E-state index in [2.05, 4.69) is 20.8 Å². The highest BCUT2D eigenvalue weighted by Gasteiger charge is 2.09. The van der Waals surface area contributed by atoms with Crippen molar-refractivity contribution in [2.24, 2.45) is 0 Å². The number of ether oxygens (including phenoxy) is 1. The maximum Gasteiger partial charge on any atom is 0.266 e. The molecule has 3 aromatic rings. The molecule has 2 aromatic heterocycles. The third-order valence-corrected chi connectivity index (χ3v) is 4.03. The summed E-state index contributed by atoms with van der Waals surface area (Å²) >= 11 is 1.38. The van der Waals surface area contributed by atoms with Crippen LogP contribution < -0.4 is 15.4 Å². The third-order valence-electron chi connectivity index (χ3n) is 3.16. The lowest BCUT2D eigenvalue weighted by Crippen LogP contribution is -2.12. The van der Waals surface area contributed by atoms with Gasteiger partial charge >= 0.3 is 0 Å². The Balaban J connectivity index is 1.68. The van der Waals surface area contributed by atoms with Crippen molar-refractivity contribution in [3.63, 3.8) is 0 Å². The van der Waals surface area contributed by atoms with Gasteiger partial charge in [-0.15, -0.1) is 21.5 Å². The maximum atomic E-state index is 12.0. The molecule has 0 atom stereocenters. The van der Waals surface area contributed by atoms with E-state index in [0.29, 0.717) is 16.5 Å². The average Bonchev–Trinajstić information content (AvgIpc) is 3.13. The van der Waals surface area contributed by atoms with Gasteiger partial charge in [-0.05, 0) is 49.6 Å². The van der Waals surface area contributed by atoms with E-state index in [1.165, 1.54) is 11.3 Å². The van der Waals surface area contributed by atoms with E-state index in [4.69, 9.17) is 4.74 Å². The summed E-state index contributed by atoms with van der Waals surface area (Å²) < 4.78 is 5.77. The van der Waals surface area contributed by atoms with Gasteiger partial charge in [-0.3, -0.25) is 4.79 Å². The first-order chi connectivity index (χ1) is 12.1. The fourth-order valence-electron chi connectivity index (χ4n) is 2.12. The third kappa shape index (κ3) is 4.54. The lowest BCUT2D eigenvalue weighted by atomic mass is 10.3. The first-order valence-corrected chi connectivity index (χ1v) is 8.71. The van der Waals surface area contributed by atoms with E-state index in [1.807, 2.05) is 49.6 Å². The second-order valence-corrected chi connectivity index (χ2v) is 6.47. The molecule has 0 saturated carbocycles. The summed E-state index contributed by atoms with van der Waals surface area (Å²) in [7, 11) is 0. The number of anilines is 3. The minimum Gasteiger partial charge on any atom is -0.489 e. The Kier molecular flexibility index (Phi) is 5.25. The smallest absolute Gasteiger partial charge is 0.266 e. The zero-order valence-corrected chi connectivity index (χ0v) is 14.7. The van der Waals surface area contributed by atoms with Crippen LogP contribution in [0.2, 0.25) is 0 Å². The van der Waals surface area contributed by atoms with Gasteiger partial charge in [0.1, 0.15) is 5.75 Å². The first kappa shape index (κ1) is 16.9. The van der Waals surface area contributed by atoms with Gasteiger partial charge in [-0.1, -0.05) is 18.2 Å². The number of carbonyl (C=O) groups excluding carboxylic acids is 1. The fraction of sp³-hybridized carbons (Fsp3) is 0.167. The minimum atomic E-state index is -0.194. The quantitative estimate of drug-likeness (QED) is 0.689. The molecule has 0 unspecified atom stereocenters. The molecule has 0 saturated heterocycles. The Morgan fingerprint density at radius 3 is 2.48 bits per heavy atom. The Morgan fingerprint density at radius 1 is 1.04 bits per heavy atom. The molecule has 7 heteroatoms. The molecule has 128 valence electrons. The Labute approximate surface area is 149 Å². The largest absolute Gasteiger partial charge is 0.489 e. The normalized spacial score (nSPS) is 10.5. The van der Waals surface area contributed by atoms with E-state index < -0.39 is 0 Å². The average molecular weight is 354 g/mol. The molecule has 0 spiro atoms. The molecule has 0 bridgehead atoms. The van der Waals surface area contributed by atoms with Crippen LogP contribution in [0.4, 0.5) is 17.3 Å². The van der Waals surface area contributed by atoms with Crippen molar-refractivity contribution in [1.82, 2.24) is 10.2 Å². The van der Waals surface area contributed by atoms with Crippen LogP contribution in [0.5, 0.6) is 5.75 Å². The summed E-state index contributed by atoms with van der Waals surface area (Å²) in [5.41, 5.74) is 0.806. The van der Waals surface area contributed by atoms with Crippen molar-refractivity contribution in [3.05, 3.63) is 58.8 Å². The molecule has 6 nitrogen and oxygen atoms in total. The van der Waals surface area contributed by atoms with E-state index in [0.717, 1.165) is 11.4 Å². The number of amides is 1. The second kappa shape index (κ2) is 7.76. The van der Waals surface area contributed by atoms with Crippen LogP contribution in [0.3, 0.4) is 0 Å². The number of hydrogen-bond donors (Lipinski definition) is 2. The van der Waals surface area contributed by atoms with Gasteiger partial charge < -0.3 is 15.4 Å². The Hall–Kier alpha value is -2.93. The number of nitrogens with zero attached hydrogens (tertiary/aromatic N) is 2. The molecule has 2 N–H and O–H groups in total. The molecule has 0 fully saturated rings. The molecule has 1 aromatic carbocycles. The lowest BCUT2D eigenvalue weighted by Gasteiger charge is -2.14. The van der Waals surface area contributed by atoms with Crippen molar-refractivity contribution in [2.75, 3.05) is 10.6 Å². The van der Waals surface area contributed by atoms with Crippen molar-refractivity contribution in [3.8, 4) is 5.75 Å². The number of thiophene rings is 1. The van der Waals surface area contributed by atoms with Crippen LogP contribution in [0.15, 0.2) is 53.9 Å². The zero-order valence-electron chi connectivity index (χ0n) is 13.9. The maximum absolute atomic E-state index is 12.0. The number of aromatic nitrogens is 2. The molecule has 25 heavy (non-hydrogen) atoms. The number of hydrogen-bond acceptors (Lipinski definition) is 6. The number of benzene rings is 1. The number of para-hydroxylation sites is 2. The number of nitrogens with one attached hydrogen (secondary N) is 2. The van der Waals surface area contributed by atoms with Crippen LogP contribution in [0.1, 0.15) is 23.5 Å². The molecule has 0 aliphatic heterocycles. The summed E-state index contributed by atoms with van der Waals surface area (Å²) in [4.78, 5) is 12.6. The summed E-state index contributed by atoms with van der Waals surface area (Å²) in [5.74, 6) is 1.51. The van der Waals surface area contributed by atoms with Crippen LogP contribution in [-0.4, -0.2) is 22.2 Å². The number of carbonyl (C=O) groups is 1. The highest BCUT2D eigenvalue weighted by molar-refractivity contribution is 7.12. The highest BCUT2D eigenvalue weighted by Crippen LogP contribution is 2.27. The van der Waals surface area contributed by atoms with Gasteiger partial charge in [0, 0.05) is 0 Å². The molecule has 2 heterocycles. The van der Waals surface area contributed by atoms with E-state index in [9.17, 15) is 4.79 Å². The standard InChI is InChI=1S/C18H18N4O2S/c1-12(2)24-14-7-4-3-6-13(14)19-16-9-10-17(22-21-16)20-18(23)15-8-5-11-25-15/h3-12H,1-2H3,(H,19,21)(H,20,22,23). The number of rotatable bonds is 6. The molecular weight excluding hydrogens is 336 g/mol. The monoisotopic (exact) mass is 354 g/mol. The van der Waals surface area contributed by atoms with Crippen molar-refractivity contribution < 1.29 is 9.53 Å². The molecule has 0 radical (unpaired) electrons. The molecule has 1 amide bonds. The highest BCUT2D eigenvalue weighted by atomic mass is 32.1. The fourth-order valence-corrected chi connectivity index (χ4v) is 2.73. The van der Waals surface area contributed by atoms with Gasteiger partial charge in [0.05, 0.1) is 16.7 Å². The van der Waals surface area contributed by atoms with Crippen LogP contribution >= 0.6 is 11.3 Å². The lowest BCUT2D eigenvalue weighted by molar-refractivity contribution is 0.103. The molecule has 0 aliphatic rings. The summed E-state index contributed by atoms with van der Waals surface area (Å²) in [6.07, 6.45) is 0.0730. The van der Waals surface area contributed by atoms with Gasteiger partial charge in [-0.25, -0.2) is 0 Å². The molecule has 3 rings (SSSR count). The molecule has 0 aliphatic carbocycles. The van der Waals surface area contributed by atoms with Crippen molar-refractivity contribution in [1.29, 1.82) is 0 Å². The van der Waals surface area contributed by atoms with E-state index in [1.54, 1.807) is 18.2 Å². The Bertz CT molecular complexity index is 833. The van der Waals surface area contributed by atoms with Crippen LogP contribution in [0, 0.1) is 0 Å². The van der Waals surface area contributed by atoms with Crippen molar-refractivity contribution >= 4 is 34.6 Å². The van der Waals surface area contributed by atoms with Crippen LogP contribution in [-0.2, 0) is 0 Å². The van der Waals surface area contributed by atoms with Gasteiger partial charge in [0.2, 0.25) is 0 Å². The van der Waals surface area contributed by atoms with E-state index >= 15 is 0 Å². The predicted molar refractivity (Wildman–Crippen MR) is 99.8 cm³/mol. The predicted octanol–water partition coefficient (Wildman–Crippen LogP) is 4.32. The summed E-state index contributed by atoms with van der Waals surface area (Å²) in [6.45, 7) is 3.95. The topological polar surface area (TPSA) is 76.1 Å². The SMILES string of the molecule is CC(C)Oc1ccccc1Nc1ccc(NC(=O)c2cccs2)nn1. The Morgan fingerprint density at radius 2 is 1.80 bits per heavy atom. The zero-order chi connectivity index (χ0) is 17.6. The summed E-state index contributed by atoms with van der Waals surface area (Å²) in [6, 6.07) is 14.7. The summed E-state index contributed by atoms with van der Waals surface area (Å²) in [5, 5.41) is 15.9. The first-order valence-electron chi connectivity index (χ1n) is 7.83. The van der Waals surface area contributed by atoms with Crippen molar-refractivity contribution in [2.45, 2.75) is 20.0 Å². The minimum absolute atomic E-state index is 0.0730. The van der Waals surface area contributed by atoms with E-state index in [-0.39, 0.29) is 12.0 Å². The molecular formula is C18H18N4O2S. The van der Waals surface area contributed by atoms with Gasteiger partial charge in [-0.2, -0.15) is 0 Å². The second-order valence-electron chi connectivity index (χ2n) is 5.52. The van der Waals surface area contributed by atoms with Crippen LogP contribution in [0.25, 0.3) is 0 Å². The van der Waals surface area contributed by atoms with Gasteiger partial charge in [0.15, 0.2) is 11.6 Å². The van der Waals surface area contributed by atoms with Gasteiger partial charge in [0.25, 0.3) is 5.91 Å².